The molecule has 1 heterocycles. The van der Waals surface area contributed by atoms with E-state index in [0.29, 0.717) is 17.8 Å². The maximum absolute atomic E-state index is 12.3. The molecule has 0 aromatic heterocycles. The lowest BCUT2D eigenvalue weighted by Gasteiger charge is -2.26. The predicted octanol–water partition coefficient (Wildman–Crippen LogP) is 3.51. The van der Waals surface area contributed by atoms with E-state index in [9.17, 15) is 9.59 Å². The van der Waals surface area contributed by atoms with Crippen LogP contribution in [0.25, 0.3) is 0 Å². The summed E-state index contributed by atoms with van der Waals surface area (Å²) in [5, 5.41) is 3.00. The zero-order valence-electron chi connectivity index (χ0n) is 19.4. The average molecular weight is 476 g/mol. The maximum Gasteiger partial charge on any atom is 0.296 e. The minimum atomic E-state index is -0.340. The highest BCUT2D eigenvalue weighted by Crippen LogP contribution is 2.25. The summed E-state index contributed by atoms with van der Waals surface area (Å²) in [7, 11) is 0. The Kier molecular flexibility index (Phi) is 10.9. The number of likely N-dealkylation sites (tertiary alicyclic amines) is 1. The molecule has 2 amide bonds. The van der Waals surface area contributed by atoms with Crippen LogP contribution in [-0.2, 0) is 9.63 Å². The lowest BCUT2D eigenvalue weighted by molar-refractivity contribution is -0.120. The first-order valence-corrected chi connectivity index (χ1v) is 12.7. The average Bonchev–Trinajstić information content (AvgIpc) is 2.86. The molecule has 0 unspecified atom stereocenters. The van der Waals surface area contributed by atoms with Crippen LogP contribution in [0, 0.1) is 5.92 Å². The third-order valence-electron chi connectivity index (χ3n) is 6.29. The van der Waals surface area contributed by atoms with E-state index >= 15 is 0 Å². The van der Waals surface area contributed by atoms with Crippen LogP contribution in [0.3, 0.4) is 0 Å². The molecule has 33 heavy (non-hydrogen) atoms. The number of carbonyl (C=O) groups is 2. The number of unbranched alkanes of at least 4 members (excludes halogenated alkanes) is 1. The Balaban J connectivity index is 1.26. The summed E-state index contributed by atoms with van der Waals surface area (Å²) in [6.45, 7) is 4.26. The van der Waals surface area contributed by atoms with Gasteiger partial charge in [-0.25, -0.2) is 0 Å². The second-order valence-electron chi connectivity index (χ2n) is 8.87. The van der Waals surface area contributed by atoms with E-state index in [2.05, 4.69) is 26.5 Å². The number of thiocarbonyl (C=S) groups is 1. The predicted molar refractivity (Wildman–Crippen MR) is 133 cm³/mol. The number of piperidine rings is 1. The van der Waals surface area contributed by atoms with Crippen molar-refractivity contribution in [2.75, 3.05) is 31.5 Å². The van der Waals surface area contributed by atoms with Crippen LogP contribution < -0.4 is 21.6 Å². The molecule has 1 aliphatic heterocycles. The van der Waals surface area contributed by atoms with Gasteiger partial charge in [0, 0.05) is 23.7 Å². The molecular formula is C24H37N5O3S. The quantitative estimate of drug-likeness (QED) is 0.247. The number of benzene rings is 1. The topological polar surface area (TPSA) is 94.7 Å². The zero-order chi connectivity index (χ0) is 23.3. The van der Waals surface area contributed by atoms with E-state index in [4.69, 9.17) is 17.1 Å². The minimum Gasteiger partial charge on any atom is -0.377 e. The van der Waals surface area contributed by atoms with Gasteiger partial charge in [-0.15, -0.1) is 0 Å². The summed E-state index contributed by atoms with van der Waals surface area (Å²) in [5.74, 6) is -0.182. The summed E-state index contributed by atoms with van der Waals surface area (Å²) >= 11 is 5.07. The van der Waals surface area contributed by atoms with Gasteiger partial charge in [0.2, 0.25) is 5.91 Å². The summed E-state index contributed by atoms with van der Waals surface area (Å²) in [6, 6.07) is 6.79. The first-order chi connectivity index (χ1) is 16.1. The van der Waals surface area contributed by atoms with Crippen LogP contribution in [0.5, 0.6) is 0 Å². The van der Waals surface area contributed by atoms with E-state index < -0.39 is 0 Å². The number of nitrogens with zero attached hydrogens (tertiary/aromatic N) is 1. The lowest BCUT2D eigenvalue weighted by Crippen LogP contribution is -2.43. The van der Waals surface area contributed by atoms with E-state index in [-0.39, 0.29) is 22.9 Å². The van der Waals surface area contributed by atoms with Crippen molar-refractivity contribution in [3.05, 3.63) is 29.8 Å². The third kappa shape index (κ3) is 9.27. The Bertz CT molecular complexity index is 762. The second-order valence-corrected chi connectivity index (χ2v) is 9.24. The molecule has 0 atom stereocenters. The number of nitrogens with one attached hydrogen (secondary N) is 4. The van der Waals surface area contributed by atoms with Crippen LogP contribution in [0.4, 0.5) is 5.69 Å². The third-order valence-corrected chi connectivity index (χ3v) is 6.47. The Morgan fingerprint density at radius 2 is 1.64 bits per heavy atom. The number of hydroxylamine groups is 1. The molecule has 3 rings (SSSR count). The van der Waals surface area contributed by atoms with E-state index in [0.717, 1.165) is 45.1 Å². The van der Waals surface area contributed by atoms with Crippen LogP contribution in [0.15, 0.2) is 24.3 Å². The molecule has 0 spiro atoms. The zero-order valence-corrected chi connectivity index (χ0v) is 20.2. The van der Waals surface area contributed by atoms with E-state index in [1.165, 1.54) is 38.8 Å². The van der Waals surface area contributed by atoms with Gasteiger partial charge in [-0.2, -0.15) is 5.48 Å². The molecule has 1 aromatic carbocycles. The summed E-state index contributed by atoms with van der Waals surface area (Å²) in [4.78, 5) is 32.4. The summed E-state index contributed by atoms with van der Waals surface area (Å²) in [5.41, 5.74) is 9.07. The minimum absolute atomic E-state index is 0.0516. The Labute approximate surface area is 202 Å². The van der Waals surface area contributed by atoms with Crippen molar-refractivity contribution in [3.8, 4) is 0 Å². The van der Waals surface area contributed by atoms with Crippen molar-refractivity contribution in [1.29, 1.82) is 0 Å². The molecule has 1 saturated heterocycles. The molecule has 1 aromatic rings. The molecule has 2 aliphatic rings. The molecule has 1 aliphatic carbocycles. The van der Waals surface area contributed by atoms with Crippen LogP contribution in [-0.4, -0.2) is 48.1 Å². The van der Waals surface area contributed by atoms with Gasteiger partial charge in [0.1, 0.15) is 0 Å². The Hall–Kier alpha value is -2.23. The fraction of sp³-hybridized carbons (Fsp3) is 0.625. The van der Waals surface area contributed by atoms with Gasteiger partial charge < -0.3 is 15.1 Å². The molecule has 2 fully saturated rings. The van der Waals surface area contributed by atoms with Gasteiger partial charge in [-0.1, -0.05) is 25.7 Å². The van der Waals surface area contributed by atoms with Crippen molar-refractivity contribution in [1.82, 2.24) is 21.2 Å². The Morgan fingerprint density at radius 1 is 0.939 bits per heavy atom. The van der Waals surface area contributed by atoms with Crippen LogP contribution in [0.1, 0.15) is 74.6 Å². The van der Waals surface area contributed by atoms with Gasteiger partial charge >= 0.3 is 0 Å². The fourth-order valence-corrected chi connectivity index (χ4v) is 4.46. The van der Waals surface area contributed by atoms with Gasteiger partial charge in [-0.3, -0.25) is 20.4 Å². The maximum atomic E-state index is 12.3. The summed E-state index contributed by atoms with van der Waals surface area (Å²) in [6.07, 6.45) is 11.4. The van der Waals surface area contributed by atoms with Gasteiger partial charge in [0.15, 0.2) is 0 Å². The Morgan fingerprint density at radius 3 is 2.36 bits per heavy atom. The smallest absolute Gasteiger partial charge is 0.296 e. The van der Waals surface area contributed by atoms with Crippen LogP contribution >= 0.6 is 12.2 Å². The van der Waals surface area contributed by atoms with Crippen molar-refractivity contribution < 1.29 is 14.4 Å². The van der Waals surface area contributed by atoms with Gasteiger partial charge in [0.05, 0.1) is 0 Å². The number of amides is 2. The highest BCUT2D eigenvalue weighted by atomic mass is 32.1. The number of anilines is 1. The highest BCUT2D eigenvalue weighted by Gasteiger charge is 2.21. The molecule has 0 bridgehead atoms. The molecule has 9 heteroatoms. The van der Waals surface area contributed by atoms with Crippen molar-refractivity contribution >= 4 is 34.9 Å². The van der Waals surface area contributed by atoms with Crippen molar-refractivity contribution in [3.63, 3.8) is 0 Å². The molecular weight excluding hydrogens is 438 g/mol. The van der Waals surface area contributed by atoms with Gasteiger partial charge in [-0.05, 0) is 94.6 Å². The number of carbonyl (C=O) groups excluding carboxylic acids is 2. The van der Waals surface area contributed by atoms with Crippen molar-refractivity contribution in [2.24, 2.45) is 5.92 Å². The molecule has 182 valence electrons. The summed E-state index contributed by atoms with van der Waals surface area (Å²) < 4.78 is 0. The molecule has 4 N–H and O–H groups in total. The number of hydrogen-bond acceptors (Lipinski definition) is 6. The first kappa shape index (κ1) is 25.4. The number of rotatable bonds is 9. The van der Waals surface area contributed by atoms with E-state index in [1.807, 2.05) is 0 Å². The second kappa shape index (κ2) is 14.1. The van der Waals surface area contributed by atoms with Crippen molar-refractivity contribution in [2.45, 2.75) is 64.2 Å². The number of hydrogen-bond donors (Lipinski definition) is 4. The van der Waals surface area contributed by atoms with Crippen LogP contribution in [0.2, 0.25) is 0 Å². The molecule has 0 radical (unpaired) electrons. The number of hydrazine groups is 1. The first-order valence-electron chi connectivity index (χ1n) is 12.2. The molecule has 8 nitrogen and oxygen atoms in total. The largest absolute Gasteiger partial charge is 0.377 e. The molecule has 1 saturated carbocycles. The normalized spacial score (nSPS) is 17.2. The SMILES string of the molecule is O=C(NNC(=S)ONCCCCN1CCCCC1)c1ccc(NC(=O)C2CCCCC2)cc1. The lowest BCUT2D eigenvalue weighted by atomic mass is 9.88. The highest BCUT2D eigenvalue weighted by molar-refractivity contribution is 7.80. The fourth-order valence-electron chi connectivity index (χ4n) is 4.35. The standard InChI is InChI=1S/C24H37N5O3S/c30-22(19-9-3-1-4-10-19)26-21-13-11-20(12-14-21)23(31)27-28-24(33)32-25-15-5-8-18-29-16-6-2-7-17-29/h11-14,19,25H,1-10,15-18H2,(H,26,30)(H,27,31)(H,28,33). The van der Waals surface area contributed by atoms with Gasteiger partial charge in [0.25, 0.3) is 11.1 Å². The van der Waals surface area contributed by atoms with E-state index in [1.54, 1.807) is 24.3 Å². The monoisotopic (exact) mass is 475 g/mol.